The van der Waals surface area contributed by atoms with E-state index in [2.05, 4.69) is 4.98 Å². The van der Waals surface area contributed by atoms with E-state index in [4.69, 9.17) is 16.3 Å². The molecule has 0 spiro atoms. The van der Waals surface area contributed by atoms with Crippen molar-refractivity contribution >= 4 is 46.0 Å². The Labute approximate surface area is 167 Å². The van der Waals surface area contributed by atoms with Gasteiger partial charge in [0.1, 0.15) is 0 Å². The maximum Gasteiger partial charge on any atom is 0.307 e. The number of esters is 1. The molecule has 1 atom stereocenters. The predicted octanol–water partition coefficient (Wildman–Crippen LogP) is 5.43. The molecule has 1 heterocycles. The number of aromatic nitrogens is 1. The lowest BCUT2D eigenvalue weighted by atomic mass is 10.0. The average Bonchev–Trinajstić information content (AvgIpc) is 2.98. The fourth-order valence-electron chi connectivity index (χ4n) is 2.89. The van der Waals surface area contributed by atoms with Gasteiger partial charge in [-0.1, -0.05) is 29.8 Å². The van der Waals surface area contributed by atoms with Crippen LogP contribution in [-0.4, -0.2) is 28.6 Å². The molecular weight excluding hydrogens is 382 g/mol. The first-order chi connectivity index (χ1) is 13.0. The molecule has 0 bridgehead atoms. The number of benzene rings is 2. The van der Waals surface area contributed by atoms with Gasteiger partial charge in [0.05, 0.1) is 6.42 Å². The molecule has 0 aliphatic rings. The largest absolute Gasteiger partial charge is 0.454 e. The topological polar surface area (TPSA) is 59.2 Å². The second-order valence-electron chi connectivity index (χ2n) is 6.22. The van der Waals surface area contributed by atoms with Gasteiger partial charge >= 0.3 is 5.97 Å². The summed E-state index contributed by atoms with van der Waals surface area (Å²) < 4.78 is 5.36. The predicted molar refractivity (Wildman–Crippen MR) is 110 cm³/mol. The minimum Gasteiger partial charge on any atom is -0.454 e. The zero-order valence-corrected chi connectivity index (χ0v) is 16.7. The molecule has 0 amide bonds. The molecule has 1 aromatic heterocycles. The van der Waals surface area contributed by atoms with Crippen LogP contribution >= 0.6 is 23.4 Å². The summed E-state index contributed by atoms with van der Waals surface area (Å²) in [5, 5.41) is 1.53. The zero-order valence-electron chi connectivity index (χ0n) is 15.1. The summed E-state index contributed by atoms with van der Waals surface area (Å²) in [6, 6.07) is 15.0. The van der Waals surface area contributed by atoms with E-state index in [9.17, 15) is 9.59 Å². The van der Waals surface area contributed by atoms with Crippen molar-refractivity contribution in [3.63, 3.8) is 0 Å². The Morgan fingerprint density at radius 2 is 1.85 bits per heavy atom. The van der Waals surface area contributed by atoms with Crippen LogP contribution in [0.15, 0.2) is 53.4 Å². The number of fused-ring (bicyclic) bond motifs is 1. The standard InChI is InChI=1S/C21H20ClNO3S/c1-13-20(17-5-3-4-6-18(17)23-13)21(25)14(2)26-19(24)11-12-27-16-9-7-15(22)8-10-16/h3-10,14,23H,11-12H2,1-2H3/t14-/m1/s1. The summed E-state index contributed by atoms with van der Waals surface area (Å²) in [4.78, 5) is 29.1. The number of ketones is 1. The van der Waals surface area contributed by atoms with Crippen LogP contribution < -0.4 is 0 Å². The van der Waals surface area contributed by atoms with Gasteiger partial charge in [0.25, 0.3) is 0 Å². The van der Waals surface area contributed by atoms with Crippen LogP contribution in [0.4, 0.5) is 0 Å². The lowest BCUT2D eigenvalue weighted by molar-refractivity contribution is -0.145. The second kappa shape index (κ2) is 8.63. The monoisotopic (exact) mass is 401 g/mol. The highest BCUT2D eigenvalue weighted by atomic mass is 35.5. The number of carbonyl (C=O) groups excluding carboxylic acids is 2. The van der Waals surface area contributed by atoms with Crippen molar-refractivity contribution in [3.05, 3.63) is 64.8 Å². The van der Waals surface area contributed by atoms with Gasteiger partial charge < -0.3 is 9.72 Å². The van der Waals surface area contributed by atoms with Gasteiger partial charge in [0.2, 0.25) is 5.78 Å². The Bertz CT molecular complexity index is 965. The molecular formula is C21H20ClNO3S. The Morgan fingerprint density at radius 1 is 1.15 bits per heavy atom. The van der Waals surface area contributed by atoms with Gasteiger partial charge in [-0.15, -0.1) is 11.8 Å². The van der Waals surface area contributed by atoms with Gasteiger partial charge in [-0.2, -0.15) is 0 Å². The van der Waals surface area contributed by atoms with Crippen LogP contribution in [0.25, 0.3) is 10.9 Å². The zero-order chi connectivity index (χ0) is 19.4. The SMILES string of the molecule is Cc1[nH]c2ccccc2c1C(=O)[C@@H](C)OC(=O)CCSc1ccc(Cl)cc1. The summed E-state index contributed by atoms with van der Waals surface area (Å²) in [6.45, 7) is 3.47. The van der Waals surface area contributed by atoms with E-state index in [-0.39, 0.29) is 18.2 Å². The van der Waals surface area contributed by atoms with E-state index in [1.54, 1.807) is 18.7 Å². The van der Waals surface area contributed by atoms with E-state index in [0.29, 0.717) is 16.3 Å². The van der Waals surface area contributed by atoms with Gasteiger partial charge in [-0.05, 0) is 44.2 Å². The highest BCUT2D eigenvalue weighted by Crippen LogP contribution is 2.24. The third kappa shape index (κ3) is 4.73. The number of hydrogen-bond acceptors (Lipinski definition) is 4. The number of halogens is 1. The van der Waals surface area contributed by atoms with Gasteiger partial charge in [0, 0.05) is 37.8 Å². The highest BCUT2D eigenvalue weighted by Gasteiger charge is 2.24. The number of carbonyl (C=O) groups is 2. The number of aromatic amines is 1. The van der Waals surface area contributed by atoms with Crippen LogP contribution in [-0.2, 0) is 9.53 Å². The first-order valence-corrected chi connectivity index (χ1v) is 10.0. The van der Waals surface area contributed by atoms with Crippen molar-refractivity contribution in [2.75, 3.05) is 5.75 Å². The van der Waals surface area contributed by atoms with Crippen LogP contribution in [0.5, 0.6) is 0 Å². The number of para-hydroxylation sites is 1. The third-order valence-electron chi connectivity index (χ3n) is 4.21. The molecule has 0 saturated heterocycles. The maximum absolute atomic E-state index is 12.8. The maximum atomic E-state index is 12.8. The van der Waals surface area contributed by atoms with Crippen LogP contribution in [0, 0.1) is 6.92 Å². The molecule has 6 heteroatoms. The smallest absolute Gasteiger partial charge is 0.307 e. The van der Waals surface area contributed by atoms with Crippen LogP contribution in [0.2, 0.25) is 5.02 Å². The van der Waals surface area contributed by atoms with Gasteiger partial charge in [0.15, 0.2) is 6.10 Å². The average molecular weight is 402 g/mol. The number of nitrogens with one attached hydrogen (secondary N) is 1. The molecule has 0 aliphatic carbocycles. The normalized spacial score (nSPS) is 12.1. The number of ether oxygens (including phenoxy) is 1. The van der Waals surface area contributed by atoms with E-state index in [1.807, 2.05) is 55.5 Å². The highest BCUT2D eigenvalue weighted by molar-refractivity contribution is 7.99. The van der Waals surface area contributed by atoms with Crippen LogP contribution in [0.3, 0.4) is 0 Å². The molecule has 0 radical (unpaired) electrons. The van der Waals surface area contributed by atoms with E-state index in [1.165, 1.54) is 0 Å². The fraction of sp³-hybridized carbons (Fsp3) is 0.238. The lowest BCUT2D eigenvalue weighted by Crippen LogP contribution is -2.25. The Balaban J connectivity index is 1.56. The Morgan fingerprint density at radius 3 is 2.59 bits per heavy atom. The lowest BCUT2D eigenvalue weighted by Gasteiger charge is -2.12. The number of H-pyrrole nitrogens is 1. The molecule has 4 nitrogen and oxygen atoms in total. The number of Topliss-reactive ketones (excluding diaryl/α,β-unsaturated/α-hetero) is 1. The molecule has 0 unspecified atom stereocenters. The summed E-state index contributed by atoms with van der Waals surface area (Å²) in [6.07, 6.45) is -0.589. The van der Waals surface area contributed by atoms with Crippen molar-refractivity contribution < 1.29 is 14.3 Å². The molecule has 3 aromatic rings. The Hall–Kier alpha value is -2.24. The number of hydrogen-bond donors (Lipinski definition) is 1. The molecule has 27 heavy (non-hydrogen) atoms. The summed E-state index contributed by atoms with van der Waals surface area (Å²) in [5.41, 5.74) is 2.26. The minimum atomic E-state index is -0.823. The Kier molecular flexibility index (Phi) is 6.24. The molecule has 0 fully saturated rings. The van der Waals surface area contributed by atoms with E-state index >= 15 is 0 Å². The van der Waals surface area contributed by atoms with Crippen molar-refractivity contribution in [1.29, 1.82) is 0 Å². The number of aryl methyl sites for hydroxylation is 1. The first-order valence-electron chi connectivity index (χ1n) is 8.65. The van der Waals surface area contributed by atoms with Crippen molar-refractivity contribution in [1.82, 2.24) is 4.98 Å². The molecule has 1 N–H and O–H groups in total. The fourth-order valence-corrected chi connectivity index (χ4v) is 3.85. The first kappa shape index (κ1) is 19.5. The van der Waals surface area contributed by atoms with Gasteiger partial charge in [-0.3, -0.25) is 9.59 Å². The van der Waals surface area contributed by atoms with Gasteiger partial charge in [-0.25, -0.2) is 0 Å². The number of thioether (sulfide) groups is 1. The molecule has 140 valence electrons. The van der Waals surface area contributed by atoms with Crippen LogP contribution in [0.1, 0.15) is 29.4 Å². The quantitative estimate of drug-likeness (QED) is 0.326. The van der Waals surface area contributed by atoms with Crippen molar-refractivity contribution in [2.24, 2.45) is 0 Å². The number of rotatable bonds is 7. The molecule has 2 aromatic carbocycles. The second-order valence-corrected chi connectivity index (χ2v) is 7.82. The summed E-state index contributed by atoms with van der Waals surface area (Å²) in [7, 11) is 0. The van der Waals surface area contributed by atoms with Crippen molar-refractivity contribution in [2.45, 2.75) is 31.3 Å². The molecule has 0 saturated carbocycles. The third-order valence-corrected chi connectivity index (χ3v) is 5.47. The van der Waals surface area contributed by atoms with Crippen molar-refractivity contribution in [3.8, 4) is 0 Å². The molecule has 0 aliphatic heterocycles. The summed E-state index contributed by atoms with van der Waals surface area (Å²) in [5.74, 6) is 0.00601. The minimum absolute atomic E-state index is 0.191. The van der Waals surface area contributed by atoms with E-state index < -0.39 is 6.10 Å². The van der Waals surface area contributed by atoms with E-state index in [0.717, 1.165) is 21.5 Å². The molecule has 3 rings (SSSR count). The summed E-state index contributed by atoms with van der Waals surface area (Å²) >= 11 is 7.40.